The molecule has 1 aromatic carbocycles. The van der Waals surface area contributed by atoms with E-state index in [4.69, 9.17) is 0 Å². The van der Waals surface area contributed by atoms with Gasteiger partial charge in [0.2, 0.25) is 11.8 Å². The number of carbonyl (C=O) groups is 2. The van der Waals surface area contributed by atoms with Gasteiger partial charge in [0, 0.05) is 19.6 Å². The normalized spacial score (nSPS) is 24.3. The fourth-order valence-corrected chi connectivity index (χ4v) is 3.65. The molecule has 136 valence electrons. The average Bonchev–Trinajstić information content (AvgIpc) is 3.07. The topological polar surface area (TPSA) is 81.7 Å². The van der Waals surface area contributed by atoms with Gasteiger partial charge in [-0.25, -0.2) is 0 Å². The van der Waals surface area contributed by atoms with Crippen LogP contribution < -0.4 is 10.6 Å². The quantitative estimate of drug-likeness (QED) is 0.717. The number of benzene rings is 1. The average molecular weight is 345 g/mol. The standard InChI is InChI=1S/C19H27N3O3/c23-16-11-17(20-12-16)19(25)21-13-18(24)22-8-6-15(7-9-22)10-14-4-2-1-3-5-14/h1-5,15-17,20,23H,6-13H2,(H,21,25). The Morgan fingerprint density at radius 3 is 2.56 bits per heavy atom. The SMILES string of the molecule is O=C(NCC(=O)N1CCC(Cc2ccccc2)CC1)C1CC(O)CN1. The maximum atomic E-state index is 12.3. The molecule has 0 spiro atoms. The van der Waals surface area contributed by atoms with Crippen LogP contribution in [0.15, 0.2) is 30.3 Å². The first-order valence-electron chi connectivity index (χ1n) is 9.12. The van der Waals surface area contributed by atoms with Crippen molar-refractivity contribution in [3.63, 3.8) is 0 Å². The van der Waals surface area contributed by atoms with Crippen LogP contribution in [-0.2, 0) is 16.0 Å². The number of rotatable bonds is 5. The lowest BCUT2D eigenvalue weighted by Gasteiger charge is -2.32. The number of aliphatic hydroxyl groups excluding tert-OH is 1. The first-order chi connectivity index (χ1) is 12.1. The van der Waals surface area contributed by atoms with Gasteiger partial charge < -0.3 is 20.6 Å². The largest absolute Gasteiger partial charge is 0.392 e. The number of hydrogen-bond acceptors (Lipinski definition) is 4. The number of piperidine rings is 1. The minimum Gasteiger partial charge on any atom is -0.392 e. The zero-order valence-electron chi connectivity index (χ0n) is 14.5. The molecule has 0 radical (unpaired) electrons. The molecule has 0 bridgehead atoms. The predicted octanol–water partition coefficient (Wildman–Crippen LogP) is 0.307. The summed E-state index contributed by atoms with van der Waals surface area (Å²) in [5, 5.41) is 15.1. The lowest BCUT2D eigenvalue weighted by molar-refractivity contribution is -0.134. The number of carbonyl (C=O) groups excluding carboxylic acids is 2. The molecule has 3 N–H and O–H groups in total. The van der Waals surface area contributed by atoms with Gasteiger partial charge in [-0.3, -0.25) is 9.59 Å². The third-order valence-electron chi connectivity index (χ3n) is 5.17. The Bertz CT molecular complexity index is 585. The summed E-state index contributed by atoms with van der Waals surface area (Å²) in [7, 11) is 0. The molecule has 6 nitrogen and oxygen atoms in total. The molecule has 2 unspecified atom stereocenters. The molecule has 1 aromatic rings. The van der Waals surface area contributed by atoms with Crippen LogP contribution in [0.5, 0.6) is 0 Å². The molecule has 25 heavy (non-hydrogen) atoms. The van der Waals surface area contributed by atoms with E-state index < -0.39 is 6.10 Å². The van der Waals surface area contributed by atoms with Gasteiger partial charge in [0.1, 0.15) is 0 Å². The van der Waals surface area contributed by atoms with E-state index in [0.717, 1.165) is 32.4 Å². The van der Waals surface area contributed by atoms with E-state index in [-0.39, 0.29) is 24.4 Å². The second-order valence-electron chi connectivity index (χ2n) is 7.08. The molecule has 2 saturated heterocycles. The van der Waals surface area contributed by atoms with Crippen molar-refractivity contribution >= 4 is 11.8 Å². The van der Waals surface area contributed by atoms with E-state index >= 15 is 0 Å². The van der Waals surface area contributed by atoms with E-state index in [1.165, 1.54) is 5.56 Å². The van der Waals surface area contributed by atoms with Gasteiger partial charge in [-0.15, -0.1) is 0 Å². The van der Waals surface area contributed by atoms with E-state index in [0.29, 0.717) is 18.9 Å². The van der Waals surface area contributed by atoms with Crippen molar-refractivity contribution in [1.82, 2.24) is 15.5 Å². The van der Waals surface area contributed by atoms with Gasteiger partial charge in [0.05, 0.1) is 18.7 Å². The highest BCUT2D eigenvalue weighted by Crippen LogP contribution is 2.21. The summed E-state index contributed by atoms with van der Waals surface area (Å²) in [6, 6.07) is 10.1. The highest BCUT2D eigenvalue weighted by molar-refractivity contribution is 5.87. The lowest BCUT2D eigenvalue weighted by Crippen LogP contribution is -2.47. The summed E-state index contributed by atoms with van der Waals surface area (Å²) < 4.78 is 0. The van der Waals surface area contributed by atoms with Gasteiger partial charge in [-0.2, -0.15) is 0 Å². The highest BCUT2D eigenvalue weighted by Gasteiger charge is 2.29. The van der Waals surface area contributed by atoms with Gasteiger partial charge in [0.15, 0.2) is 0 Å². The van der Waals surface area contributed by atoms with E-state index in [1.54, 1.807) is 0 Å². The van der Waals surface area contributed by atoms with Crippen molar-refractivity contribution in [3.05, 3.63) is 35.9 Å². The Morgan fingerprint density at radius 2 is 1.92 bits per heavy atom. The Labute approximate surface area is 148 Å². The Morgan fingerprint density at radius 1 is 1.20 bits per heavy atom. The number of nitrogens with one attached hydrogen (secondary N) is 2. The summed E-state index contributed by atoms with van der Waals surface area (Å²) >= 11 is 0. The van der Waals surface area contributed by atoms with Gasteiger partial charge in [-0.1, -0.05) is 30.3 Å². The smallest absolute Gasteiger partial charge is 0.241 e. The predicted molar refractivity (Wildman–Crippen MR) is 94.9 cm³/mol. The zero-order chi connectivity index (χ0) is 17.6. The third kappa shape index (κ3) is 5.03. The van der Waals surface area contributed by atoms with Crippen LogP contribution in [0.1, 0.15) is 24.8 Å². The van der Waals surface area contributed by atoms with Crippen molar-refractivity contribution in [3.8, 4) is 0 Å². The van der Waals surface area contributed by atoms with Gasteiger partial charge in [-0.05, 0) is 37.2 Å². The molecular formula is C19H27N3O3. The summed E-state index contributed by atoms with van der Waals surface area (Å²) in [6.45, 7) is 1.98. The summed E-state index contributed by atoms with van der Waals surface area (Å²) in [5.41, 5.74) is 1.35. The molecule has 0 saturated carbocycles. The molecule has 2 atom stereocenters. The van der Waals surface area contributed by atoms with Crippen molar-refractivity contribution in [2.45, 2.75) is 37.8 Å². The fourth-order valence-electron chi connectivity index (χ4n) is 3.65. The number of aliphatic hydroxyl groups is 1. The van der Waals surface area contributed by atoms with E-state index in [9.17, 15) is 14.7 Å². The first-order valence-corrected chi connectivity index (χ1v) is 9.12. The van der Waals surface area contributed by atoms with Crippen molar-refractivity contribution < 1.29 is 14.7 Å². The van der Waals surface area contributed by atoms with Crippen LogP contribution in [0, 0.1) is 5.92 Å². The molecule has 2 aliphatic heterocycles. The molecule has 2 fully saturated rings. The van der Waals surface area contributed by atoms with Gasteiger partial charge in [0.25, 0.3) is 0 Å². The molecule has 2 aliphatic rings. The zero-order valence-corrected chi connectivity index (χ0v) is 14.5. The van der Waals surface area contributed by atoms with Crippen molar-refractivity contribution in [1.29, 1.82) is 0 Å². The number of β-amino-alcohol motifs (C(OH)–C–C–N with tert-alkyl or cyclic N) is 1. The minimum atomic E-state index is -0.477. The second-order valence-corrected chi connectivity index (χ2v) is 7.08. The van der Waals surface area contributed by atoms with Crippen LogP contribution in [0.25, 0.3) is 0 Å². The number of likely N-dealkylation sites (tertiary alicyclic amines) is 1. The molecule has 6 heteroatoms. The summed E-state index contributed by atoms with van der Waals surface area (Å²) in [4.78, 5) is 26.1. The van der Waals surface area contributed by atoms with Crippen LogP contribution in [0.2, 0.25) is 0 Å². The molecule has 0 aromatic heterocycles. The Hall–Kier alpha value is -1.92. The molecular weight excluding hydrogens is 318 g/mol. The Kier molecular flexibility index (Phi) is 6.04. The Balaban J connectivity index is 1.37. The van der Waals surface area contributed by atoms with Gasteiger partial charge >= 0.3 is 0 Å². The second kappa shape index (κ2) is 8.45. The van der Waals surface area contributed by atoms with Crippen LogP contribution in [-0.4, -0.2) is 60.1 Å². The summed E-state index contributed by atoms with van der Waals surface area (Å²) in [6.07, 6.45) is 3.01. The number of amides is 2. The molecule has 2 heterocycles. The molecule has 0 aliphatic carbocycles. The van der Waals surface area contributed by atoms with Crippen LogP contribution in [0.4, 0.5) is 0 Å². The number of hydrogen-bond donors (Lipinski definition) is 3. The van der Waals surface area contributed by atoms with Crippen LogP contribution >= 0.6 is 0 Å². The number of nitrogens with zero attached hydrogens (tertiary/aromatic N) is 1. The maximum Gasteiger partial charge on any atom is 0.241 e. The highest BCUT2D eigenvalue weighted by atomic mass is 16.3. The first kappa shape index (κ1) is 17.9. The van der Waals surface area contributed by atoms with E-state index in [1.807, 2.05) is 11.0 Å². The third-order valence-corrected chi connectivity index (χ3v) is 5.17. The maximum absolute atomic E-state index is 12.3. The fraction of sp³-hybridized carbons (Fsp3) is 0.579. The molecule has 2 amide bonds. The minimum absolute atomic E-state index is 0.0231. The van der Waals surface area contributed by atoms with E-state index in [2.05, 4.69) is 34.9 Å². The lowest BCUT2D eigenvalue weighted by atomic mass is 9.90. The van der Waals surface area contributed by atoms with Crippen molar-refractivity contribution in [2.75, 3.05) is 26.2 Å². The van der Waals surface area contributed by atoms with Crippen LogP contribution in [0.3, 0.4) is 0 Å². The molecule has 3 rings (SSSR count). The summed E-state index contributed by atoms with van der Waals surface area (Å²) in [5.74, 6) is 0.388. The monoisotopic (exact) mass is 345 g/mol. The van der Waals surface area contributed by atoms with Crippen molar-refractivity contribution in [2.24, 2.45) is 5.92 Å².